The van der Waals surface area contributed by atoms with Crippen LogP contribution in [0.15, 0.2) is 6.20 Å². The molecular formula is C12H21N3OS. The molecule has 0 atom stereocenters. The zero-order valence-corrected chi connectivity index (χ0v) is 11.9. The van der Waals surface area contributed by atoms with Crippen LogP contribution in [0.2, 0.25) is 0 Å². The zero-order chi connectivity index (χ0) is 13.3. The number of carbonyl (C=O) groups excluding carboxylic acids is 1. The number of hydrogen-bond donors (Lipinski definition) is 2. The second kappa shape index (κ2) is 4.74. The normalized spacial score (nSPS) is 12.6. The first-order valence-corrected chi connectivity index (χ1v) is 6.45. The Morgan fingerprint density at radius 3 is 2.47 bits per heavy atom. The van der Waals surface area contributed by atoms with Crippen molar-refractivity contribution in [2.75, 3.05) is 0 Å². The number of nitrogens with one attached hydrogen (secondary N) is 1. The number of rotatable bonds is 4. The number of amides is 1. The van der Waals surface area contributed by atoms with Gasteiger partial charge in [-0.15, -0.1) is 11.3 Å². The first-order valence-electron chi connectivity index (χ1n) is 5.63. The molecule has 1 amide bonds. The lowest BCUT2D eigenvalue weighted by atomic mass is 9.74. The fourth-order valence-corrected chi connectivity index (χ4v) is 1.90. The van der Waals surface area contributed by atoms with E-state index in [0.29, 0.717) is 6.54 Å². The van der Waals surface area contributed by atoms with Gasteiger partial charge in [-0.3, -0.25) is 4.79 Å². The number of nitrogens with zero attached hydrogens (tertiary/aromatic N) is 1. The minimum absolute atomic E-state index is 0.0314. The van der Waals surface area contributed by atoms with Gasteiger partial charge in [0.25, 0.3) is 0 Å². The molecule has 17 heavy (non-hydrogen) atoms. The maximum atomic E-state index is 12.1. The molecule has 0 bridgehead atoms. The summed E-state index contributed by atoms with van der Waals surface area (Å²) in [5.41, 5.74) is 4.86. The van der Waals surface area contributed by atoms with Crippen molar-refractivity contribution in [1.82, 2.24) is 10.3 Å². The minimum Gasteiger partial charge on any atom is -0.351 e. The smallest absolute Gasteiger partial charge is 0.227 e. The first kappa shape index (κ1) is 14.1. The van der Waals surface area contributed by atoms with Crippen molar-refractivity contribution in [2.45, 2.75) is 46.7 Å². The molecule has 0 aliphatic carbocycles. The van der Waals surface area contributed by atoms with Crippen LogP contribution in [0.3, 0.4) is 0 Å². The fourth-order valence-electron chi connectivity index (χ4n) is 1.17. The molecule has 96 valence electrons. The molecule has 1 aromatic rings. The molecule has 0 saturated heterocycles. The van der Waals surface area contributed by atoms with Crippen molar-refractivity contribution >= 4 is 17.2 Å². The van der Waals surface area contributed by atoms with E-state index in [0.717, 1.165) is 9.88 Å². The lowest BCUT2D eigenvalue weighted by molar-refractivity contribution is -0.132. The number of aromatic nitrogens is 1. The predicted octanol–water partition coefficient (Wildman–Crippen LogP) is 1.83. The number of nitrogens with two attached hydrogens (primary N) is 1. The van der Waals surface area contributed by atoms with Crippen molar-refractivity contribution in [3.63, 3.8) is 0 Å². The van der Waals surface area contributed by atoms with Crippen molar-refractivity contribution in [2.24, 2.45) is 11.1 Å². The number of aryl methyl sites for hydroxylation is 1. The Kier molecular flexibility index (Phi) is 3.94. The highest BCUT2D eigenvalue weighted by atomic mass is 32.1. The van der Waals surface area contributed by atoms with E-state index < -0.39 is 11.0 Å². The van der Waals surface area contributed by atoms with E-state index in [9.17, 15) is 4.79 Å². The van der Waals surface area contributed by atoms with Gasteiger partial charge in [-0.2, -0.15) is 0 Å². The third kappa shape index (κ3) is 3.26. The summed E-state index contributed by atoms with van der Waals surface area (Å²) in [6, 6.07) is 0. The summed E-state index contributed by atoms with van der Waals surface area (Å²) in [5.74, 6) is -0.0314. The molecule has 1 heterocycles. The molecule has 0 radical (unpaired) electrons. The Balaban J connectivity index is 2.61. The summed E-state index contributed by atoms with van der Waals surface area (Å²) < 4.78 is 0. The highest BCUT2D eigenvalue weighted by Crippen LogP contribution is 2.28. The first-order chi connectivity index (χ1) is 7.64. The van der Waals surface area contributed by atoms with Crippen LogP contribution in [-0.2, 0) is 11.3 Å². The molecule has 0 aliphatic heterocycles. The van der Waals surface area contributed by atoms with Crippen molar-refractivity contribution in [3.05, 3.63) is 16.1 Å². The Labute approximate surface area is 107 Å². The third-order valence-electron chi connectivity index (χ3n) is 3.27. The molecule has 0 aromatic carbocycles. The van der Waals surface area contributed by atoms with Crippen LogP contribution >= 0.6 is 11.3 Å². The fraction of sp³-hybridized carbons (Fsp3) is 0.667. The van der Waals surface area contributed by atoms with Gasteiger partial charge < -0.3 is 11.1 Å². The van der Waals surface area contributed by atoms with Gasteiger partial charge in [-0.05, 0) is 34.6 Å². The van der Waals surface area contributed by atoms with E-state index in [1.165, 1.54) is 0 Å². The molecule has 1 rings (SSSR count). The summed E-state index contributed by atoms with van der Waals surface area (Å²) >= 11 is 1.59. The maximum absolute atomic E-state index is 12.1. The Morgan fingerprint density at radius 2 is 2.06 bits per heavy atom. The second-order valence-corrected chi connectivity index (χ2v) is 6.69. The van der Waals surface area contributed by atoms with Gasteiger partial charge >= 0.3 is 0 Å². The molecule has 4 nitrogen and oxygen atoms in total. The number of thiazole rings is 1. The SMILES string of the molecule is Cc1ncc(CNC(=O)C(C)(C)C(C)(C)N)s1. The van der Waals surface area contributed by atoms with Gasteiger partial charge in [0.2, 0.25) is 5.91 Å². The summed E-state index contributed by atoms with van der Waals surface area (Å²) in [7, 11) is 0. The van der Waals surface area contributed by atoms with E-state index in [-0.39, 0.29) is 5.91 Å². The molecule has 5 heteroatoms. The van der Waals surface area contributed by atoms with E-state index in [2.05, 4.69) is 10.3 Å². The molecular weight excluding hydrogens is 234 g/mol. The van der Waals surface area contributed by atoms with Crippen LogP contribution in [-0.4, -0.2) is 16.4 Å². The number of hydrogen-bond acceptors (Lipinski definition) is 4. The summed E-state index contributed by atoms with van der Waals surface area (Å²) in [6.07, 6.45) is 1.79. The van der Waals surface area contributed by atoms with Crippen molar-refractivity contribution in [1.29, 1.82) is 0 Å². The van der Waals surface area contributed by atoms with Crippen LogP contribution in [0.25, 0.3) is 0 Å². The van der Waals surface area contributed by atoms with Crippen molar-refractivity contribution < 1.29 is 4.79 Å². The van der Waals surface area contributed by atoms with Gasteiger partial charge in [-0.1, -0.05) is 0 Å². The molecule has 1 aromatic heterocycles. The lowest BCUT2D eigenvalue weighted by Crippen LogP contribution is -2.55. The van der Waals surface area contributed by atoms with Gasteiger partial charge in [0, 0.05) is 16.6 Å². The van der Waals surface area contributed by atoms with E-state index in [1.54, 1.807) is 17.5 Å². The van der Waals surface area contributed by atoms with Gasteiger partial charge in [0.05, 0.1) is 17.0 Å². The van der Waals surface area contributed by atoms with Crippen LogP contribution < -0.4 is 11.1 Å². The predicted molar refractivity (Wildman–Crippen MR) is 70.7 cm³/mol. The van der Waals surface area contributed by atoms with Gasteiger partial charge in [0.15, 0.2) is 0 Å². The Bertz CT molecular complexity index is 404. The average Bonchev–Trinajstić information content (AvgIpc) is 2.58. The monoisotopic (exact) mass is 255 g/mol. The number of carbonyl (C=O) groups is 1. The maximum Gasteiger partial charge on any atom is 0.227 e. The van der Waals surface area contributed by atoms with E-state index in [4.69, 9.17) is 5.73 Å². The average molecular weight is 255 g/mol. The quantitative estimate of drug-likeness (QED) is 0.862. The topological polar surface area (TPSA) is 68.0 Å². The van der Waals surface area contributed by atoms with Crippen LogP contribution in [0.5, 0.6) is 0 Å². The Hall–Kier alpha value is -0.940. The van der Waals surface area contributed by atoms with Crippen LogP contribution in [0, 0.1) is 12.3 Å². The summed E-state index contributed by atoms with van der Waals surface area (Å²) in [5, 5.41) is 3.92. The standard InChI is InChI=1S/C12H21N3OS/c1-8-14-6-9(17-8)7-15-10(16)11(2,3)12(4,5)13/h6H,7,13H2,1-5H3,(H,15,16). The zero-order valence-electron chi connectivity index (χ0n) is 11.1. The minimum atomic E-state index is -0.604. The highest BCUT2D eigenvalue weighted by molar-refractivity contribution is 7.11. The Morgan fingerprint density at radius 1 is 1.47 bits per heavy atom. The van der Waals surface area contributed by atoms with Crippen LogP contribution in [0.1, 0.15) is 37.6 Å². The van der Waals surface area contributed by atoms with Crippen LogP contribution in [0.4, 0.5) is 0 Å². The molecule has 0 spiro atoms. The van der Waals surface area contributed by atoms with Gasteiger partial charge in [-0.25, -0.2) is 4.98 Å². The molecule has 3 N–H and O–H groups in total. The third-order valence-corrected chi connectivity index (χ3v) is 4.18. The summed E-state index contributed by atoms with van der Waals surface area (Å²) in [6.45, 7) is 9.92. The molecule has 0 aliphatic rings. The molecule has 0 fully saturated rings. The van der Waals surface area contributed by atoms with Crippen molar-refractivity contribution in [3.8, 4) is 0 Å². The lowest BCUT2D eigenvalue weighted by Gasteiger charge is -2.36. The van der Waals surface area contributed by atoms with Gasteiger partial charge in [0.1, 0.15) is 0 Å². The van der Waals surface area contributed by atoms with E-state index in [1.807, 2.05) is 34.6 Å². The second-order valence-electron chi connectivity index (χ2n) is 5.37. The molecule has 0 saturated carbocycles. The largest absolute Gasteiger partial charge is 0.351 e. The van der Waals surface area contributed by atoms with E-state index >= 15 is 0 Å². The highest BCUT2D eigenvalue weighted by Gasteiger charge is 2.40. The molecule has 0 unspecified atom stereocenters. The summed E-state index contributed by atoms with van der Waals surface area (Å²) in [4.78, 5) is 17.3.